The molecule has 1 amide bonds. The Hall–Kier alpha value is -2.24. The Morgan fingerprint density at radius 2 is 1.96 bits per heavy atom. The number of aromatic nitrogens is 1. The van der Waals surface area contributed by atoms with E-state index in [4.69, 9.17) is 0 Å². The Bertz CT molecular complexity index is 747. The summed E-state index contributed by atoms with van der Waals surface area (Å²) in [6.07, 6.45) is 2.83. The molecule has 2 heterocycles. The lowest BCUT2D eigenvalue weighted by atomic mass is 10.0. The minimum absolute atomic E-state index is 0.199. The lowest BCUT2D eigenvalue weighted by molar-refractivity contribution is -0.136. The van der Waals surface area contributed by atoms with E-state index in [2.05, 4.69) is 41.1 Å². The maximum absolute atomic E-state index is 13.3. The van der Waals surface area contributed by atoms with Crippen LogP contribution in [-0.2, 0) is 11.3 Å². The number of nitrogens with zero attached hydrogens (tertiary/aromatic N) is 4. The van der Waals surface area contributed by atoms with Crippen LogP contribution in [0.5, 0.6) is 0 Å². The Kier molecular flexibility index (Phi) is 6.58. The third kappa shape index (κ3) is 5.15. The van der Waals surface area contributed by atoms with E-state index < -0.39 is 0 Å². The SMILES string of the molecule is Cc1cccc([C@H](C(=O)N2CCCN(Cc3ccccn3)CC2)N(C)C)c1. The number of carbonyl (C=O) groups is 1. The maximum atomic E-state index is 13.3. The molecule has 1 aliphatic heterocycles. The third-order valence-corrected chi connectivity index (χ3v) is 5.12. The Balaban J connectivity index is 1.67. The van der Waals surface area contributed by atoms with E-state index in [1.54, 1.807) is 0 Å². The molecule has 1 aromatic carbocycles. The molecule has 0 N–H and O–H groups in total. The van der Waals surface area contributed by atoms with Crippen molar-refractivity contribution in [2.24, 2.45) is 0 Å². The number of aryl methyl sites for hydroxylation is 1. The summed E-state index contributed by atoms with van der Waals surface area (Å²) in [4.78, 5) is 24.2. The monoisotopic (exact) mass is 366 g/mol. The normalized spacial score (nSPS) is 17.0. The van der Waals surface area contributed by atoms with Gasteiger partial charge in [-0.1, -0.05) is 35.9 Å². The van der Waals surface area contributed by atoms with Gasteiger partial charge in [-0.25, -0.2) is 0 Å². The summed E-state index contributed by atoms with van der Waals surface area (Å²) in [5.41, 5.74) is 3.34. The van der Waals surface area contributed by atoms with Gasteiger partial charge in [-0.15, -0.1) is 0 Å². The molecule has 0 aliphatic carbocycles. The molecule has 1 atom stereocenters. The van der Waals surface area contributed by atoms with Crippen molar-refractivity contribution >= 4 is 5.91 Å². The lowest BCUT2D eigenvalue weighted by Crippen LogP contribution is -2.42. The molecule has 27 heavy (non-hydrogen) atoms. The van der Waals surface area contributed by atoms with Gasteiger partial charge in [0.1, 0.15) is 6.04 Å². The van der Waals surface area contributed by atoms with E-state index in [-0.39, 0.29) is 11.9 Å². The summed E-state index contributed by atoms with van der Waals surface area (Å²) in [6, 6.07) is 14.1. The summed E-state index contributed by atoms with van der Waals surface area (Å²) in [5, 5.41) is 0. The quantitative estimate of drug-likeness (QED) is 0.816. The van der Waals surface area contributed by atoms with Crippen LogP contribution in [0, 0.1) is 6.92 Å². The highest BCUT2D eigenvalue weighted by molar-refractivity contribution is 5.83. The van der Waals surface area contributed by atoms with Gasteiger partial charge < -0.3 is 4.90 Å². The van der Waals surface area contributed by atoms with Crippen molar-refractivity contribution in [3.63, 3.8) is 0 Å². The molecule has 5 heteroatoms. The number of benzene rings is 1. The third-order valence-electron chi connectivity index (χ3n) is 5.12. The fourth-order valence-corrected chi connectivity index (χ4v) is 3.74. The average Bonchev–Trinajstić information content (AvgIpc) is 2.88. The van der Waals surface area contributed by atoms with Crippen LogP contribution >= 0.6 is 0 Å². The molecule has 3 rings (SSSR count). The molecule has 1 aromatic heterocycles. The molecule has 0 radical (unpaired) electrons. The number of rotatable bonds is 5. The Labute approximate surface area is 162 Å². The highest BCUT2D eigenvalue weighted by Crippen LogP contribution is 2.23. The number of hydrogen-bond donors (Lipinski definition) is 0. The lowest BCUT2D eigenvalue weighted by Gasteiger charge is -2.30. The number of likely N-dealkylation sites (N-methyl/N-ethyl adjacent to an activating group) is 1. The maximum Gasteiger partial charge on any atom is 0.244 e. The molecule has 0 spiro atoms. The van der Waals surface area contributed by atoms with E-state index in [1.807, 2.05) is 48.3 Å². The summed E-state index contributed by atoms with van der Waals surface area (Å²) in [6.45, 7) is 6.38. The minimum atomic E-state index is -0.229. The van der Waals surface area contributed by atoms with E-state index in [9.17, 15) is 4.79 Å². The van der Waals surface area contributed by atoms with Gasteiger partial charge in [0.2, 0.25) is 5.91 Å². The van der Waals surface area contributed by atoms with Crippen molar-refractivity contribution < 1.29 is 4.79 Å². The topological polar surface area (TPSA) is 39.7 Å². The van der Waals surface area contributed by atoms with Gasteiger partial charge in [0.25, 0.3) is 0 Å². The average molecular weight is 367 g/mol. The Morgan fingerprint density at radius 1 is 1.11 bits per heavy atom. The van der Waals surface area contributed by atoms with Gasteiger partial charge in [0.15, 0.2) is 0 Å². The van der Waals surface area contributed by atoms with Crippen LogP contribution in [0.25, 0.3) is 0 Å². The van der Waals surface area contributed by atoms with E-state index in [1.165, 1.54) is 5.56 Å². The first-order valence-electron chi connectivity index (χ1n) is 9.68. The fourth-order valence-electron chi connectivity index (χ4n) is 3.74. The molecular weight excluding hydrogens is 336 g/mol. The number of carbonyl (C=O) groups excluding carboxylic acids is 1. The van der Waals surface area contributed by atoms with Gasteiger partial charge in [-0.2, -0.15) is 0 Å². The molecule has 2 aromatic rings. The number of pyridine rings is 1. The van der Waals surface area contributed by atoms with Gasteiger partial charge in [0.05, 0.1) is 5.69 Å². The fraction of sp³-hybridized carbons (Fsp3) is 0.455. The van der Waals surface area contributed by atoms with Gasteiger partial charge in [0, 0.05) is 38.9 Å². The standard InChI is InChI=1S/C22H30N4O/c1-18-8-6-9-19(16-18)21(24(2)3)22(27)26-13-7-12-25(14-15-26)17-20-10-4-5-11-23-20/h4-6,8-11,16,21H,7,12-15,17H2,1-3H3/t21-/m1/s1. The summed E-state index contributed by atoms with van der Waals surface area (Å²) < 4.78 is 0. The first-order valence-corrected chi connectivity index (χ1v) is 9.68. The van der Waals surface area contributed by atoms with E-state index in [0.29, 0.717) is 0 Å². The van der Waals surface area contributed by atoms with Crippen molar-refractivity contribution in [2.45, 2.75) is 25.9 Å². The second-order valence-electron chi connectivity index (χ2n) is 7.56. The largest absolute Gasteiger partial charge is 0.340 e. The van der Waals surface area contributed by atoms with Crippen molar-refractivity contribution in [3.8, 4) is 0 Å². The second-order valence-corrected chi connectivity index (χ2v) is 7.56. The van der Waals surface area contributed by atoms with Crippen LogP contribution < -0.4 is 0 Å². The van der Waals surface area contributed by atoms with Crippen molar-refractivity contribution in [1.82, 2.24) is 19.7 Å². The minimum Gasteiger partial charge on any atom is -0.340 e. The molecule has 0 unspecified atom stereocenters. The van der Waals surface area contributed by atoms with Crippen molar-refractivity contribution in [1.29, 1.82) is 0 Å². The van der Waals surface area contributed by atoms with Gasteiger partial charge >= 0.3 is 0 Å². The first-order chi connectivity index (χ1) is 13.0. The number of hydrogen-bond acceptors (Lipinski definition) is 4. The van der Waals surface area contributed by atoms with Gasteiger partial charge in [-0.3, -0.25) is 19.6 Å². The zero-order valence-electron chi connectivity index (χ0n) is 16.6. The van der Waals surface area contributed by atoms with Crippen molar-refractivity contribution in [3.05, 3.63) is 65.5 Å². The summed E-state index contributed by atoms with van der Waals surface area (Å²) in [5.74, 6) is 0.199. The zero-order chi connectivity index (χ0) is 19.2. The van der Waals surface area contributed by atoms with Crippen LogP contribution in [0.3, 0.4) is 0 Å². The highest BCUT2D eigenvalue weighted by atomic mass is 16.2. The molecule has 0 saturated carbocycles. The molecule has 144 valence electrons. The molecule has 1 saturated heterocycles. The zero-order valence-corrected chi connectivity index (χ0v) is 16.6. The first kappa shape index (κ1) is 19.5. The molecular formula is C22H30N4O. The highest BCUT2D eigenvalue weighted by Gasteiger charge is 2.29. The van der Waals surface area contributed by atoms with Crippen LogP contribution in [-0.4, -0.2) is 65.9 Å². The van der Waals surface area contributed by atoms with Crippen LogP contribution in [0.15, 0.2) is 48.7 Å². The van der Waals surface area contributed by atoms with E-state index >= 15 is 0 Å². The summed E-state index contributed by atoms with van der Waals surface area (Å²) in [7, 11) is 3.96. The predicted molar refractivity (Wildman–Crippen MR) is 108 cm³/mol. The smallest absolute Gasteiger partial charge is 0.244 e. The summed E-state index contributed by atoms with van der Waals surface area (Å²) >= 11 is 0. The van der Waals surface area contributed by atoms with Crippen LogP contribution in [0.2, 0.25) is 0 Å². The molecule has 1 aliphatic rings. The number of amides is 1. The van der Waals surface area contributed by atoms with E-state index in [0.717, 1.165) is 50.4 Å². The molecule has 5 nitrogen and oxygen atoms in total. The second kappa shape index (κ2) is 9.11. The molecule has 1 fully saturated rings. The van der Waals surface area contributed by atoms with Crippen LogP contribution in [0.1, 0.15) is 29.3 Å². The van der Waals surface area contributed by atoms with Crippen LogP contribution in [0.4, 0.5) is 0 Å². The van der Waals surface area contributed by atoms with Crippen molar-refractivity contribution in [2.75, 3.05) is 40.3 Å². The predicted octanol–water partition coefficient (Wildman–Crippen LogP) is 2.73. The molecule has 0 bridgehead atoms. The Morgan fingerprint density at radius 3 is 2.67 bits per heavy atom. The van der Waals surface area contributed by atoms with Gasteiger partial charge in [-0.05, 0) is 45.1 Å².